The molecule has 0 bridgehead atoms. The first kappa shape index (κ1) is 20.2. The summed E-state index contributed by atoms with van der Waals surface area (Å²) in [4.78, 5) is 17.2. The maximum Gasteiger partial charge on any atom is 0.237 e. The maximum atomic E-state index is 12.6. The molecule has 0 saturated carbocycles. The predicted molar refractivity (Wildman–Crippen MR) is 114 cm³/mol. The molecule has 3 rings (SSSR count). The number of nitrogens with zero attached hydrogens (tertiary/aromatic N) is 2. The van der Waals surface area contributed by atoms with Crippen LogP contribution in [0, 0.1) is 0 Å². The highest BCUT2D eigenvalue weighted by Gasteiger charge is 2.26. The average Bonchev–Trinajstić information content (AvgIpc) is 2.77. The fourth-order valence-corrected chi connectivity index (χ4v) is 3.64. The first-order valence-electron chi connectivity index (χ1n) is 10.0. The molecule has 0 radical (unpaired) electrons. The highest BCUT2D eigenvalue weighted by molar-refractivity contribution is 5.81. The first-order valence-corrected chi connectivity index (χ1v) is 10.0. The van der Waals surface area contributed by atoms with Crippen LogP contribution in [0.4, 0.5) is 5.69 Å². The first-order chi connectivity index (χ1) is 13.6. The van der Waals surface area contributed by atoms with Gasteiger partial charge in [0.05, 0.1) is 13.2 Å². The summed E-state index contributed by atoms with van der Waals surface area (Å²) in [5.74, 6) is 1.29. The predicted octanol–water partition coefficient (Wildman–Crippen LogP) is 3.13. The van der Waals surface area contributed by atoms with Crippen molar-refractivity contribution in [3.8, 4) is 5.75 Å². The number of carbonyl (C=O) groups is 1. The van der Waals surface area contributed by atoms with Crippen molar-refractivity contribution in [3.05, 3.63) is 60.2 Å². The second-order valence-electron chi connectivity index (χ2n) is 7.46. The zero-order chi connectivity index (χ0) is 19.9. The van der Waals surface area contributed by atoms with Crippen LogP contribution in [0.25, 0.3) is 0 Å². The van der Waals surface area contributed by atoms with Crippen LogP contribution in [0.15, 0.2) is 54.6 Å². The van der Waals surface area contributed by atoms with Gasteiger partial charge in [-0.25, -0.2) is 0 Å². The Morgan fingerprint density at radius 1 is 1.04 bits per heavy atom. The van der Waals surface area contributed by atoms with E-state index < -0.39 is 0 Å². The van der Waals surface area contributed by atoms with Crippen molar-refractivity contribution < 1.29 is 9.53 Å². The molecule has 1 aliphatic rings. The van der Waals surface area contributed by atoms with Gasteiger partial charge >= 0.3 is 0 Å². The average molecular weight is 382 g/mol. The number of anilines is 1. The SMILES string of the molecule is COc1cccc(N2CCN(C(C)C(=O)NCC(C)c3ccccc3)CC2)c1. The van der Waals surface area contributed by atoms with Crippen LogP contribution in [0.3, 0.4) is 0 Å². The molecule has 1 fully saturated rings. The van der Waals surface area contributed by atoms with Gasteiger partial charge in [-0.05, 0) is 30.5 Å². The van der Waals surface area contributed by atoms with E-state index in [1.54, 1.807) is 7.11 Å². The number of amides is 1. The zero-order valence-corrected chi connectivity index (χ0v) is 17.1. The van der Waals surface area contributed by atoms with Crippen LogP contribution in [0.2, 0.25) is 0 Å². The molecule has 1 saturated heterocycles. The Morgan fingerprint density at radius 3 is 2.43 bits per heavy atom. The lowest BCUT2D eigenvalue weighted by atomic mass is 10.0. The van der Waals surface area contributed by atoms with Crippen molar-refractivity contribution in [2.45, 2.75) is 25.8 Å². The summed E-state index contributed by atoms with van der Waals surface area (Å²) in [6.07, 6.45) is 0. The lowest BCUT2D eigenvalue weighted by Crippen LogP contribution is -2.54. The van der Waals surface area contributed by atoms with Crippen LogP contribution in [-0.4, -0.2) is 56.7 Å². The molecule has 1 heterocycles. The minimum absolute atomic E-state index is 0.109. The fraction of sp³-hybridized carbons (Fsp3) is 0.435. The molecule has 1 aliphatic heterocycles. The number of nitrogens with one attached hydrogen (secondary N) is 1. The summed E-state index contributed by atoms with van der Waals surface area (Å²) in [7, 11) is 1.69. The lowest BCUT2D eigenvalue weighted by molar-refractivity contribution is -0.126. The van der Waals surface area contributed by atoms with Crippen molar-refractivity contribution in [1.82, 2.24) is 10.2 Å². The van der Waals surface area contributed by atoms with Crippen molar-refractivity contribution in [1.29, 1.82) is 0 Å². The van der Waals surface area contributed by atoms with Crippen molar-refractivity contribution in [2.75, 3.05) is 44.7 Å². The summed E-state index contributed by atoms with van der Waals surface area (Å²) in [6, 6.07) is 18.4. The van der Waals surface area contributed by atoms with Crippen LogP contribution < -0.4 is 15.0 Å². The number of ether oxygens (including phenoxy) is 1. The van der Waals surface area contributed by atoms with Gasteiger partial charge in [-0.2, -0.15) is 0 Å². The van der Waals surface area contributed by atoms with Crippen molar-refractivity contribution >= 4 is 11.6 Å². The smallest absolute Gasteiger partial charge is 0.237 e. The van der Waals surface area contributed by atoms with Crippen LogP contribution in [0.5, 0.6) is 5.75 Å². The van der Waals surface area contributed by atoms with Crippen LogP contribution in [-0.2, 0) is 4.79 Å². The van der Waals surface area contributed by atoms with Gasteiger partial charge in [0.1, 0.15) is 5.75 Å². The van der Waals surface area contributed by atoms with Gasteiger partial charge in [-0.15, -0.1) is 0 Å². The topological polar surface area (TPSA) is 44.8 Å². The maximum absolute atomic E-state index is 12.6. The van der Waals surface area contributed by atoms with E-state index in [0.717, 1.165) is 31.9 Å². The highest BCUT2D eigenvalue weighted by atomic mass is 16.5. The molecule has 2 aromatic rings. The van der Waals surface area contributed by atoms with E-state index in [9.17, 15) is 4.79 Å². The zero-order valence-electron chi connectivity index (χ0n) is 17.1. The molecule has 2 atom stereocenters. The molecule has 0 spiro atoms. The Labute approximate surface area is 168 Å². The van der Waals surface area contributed by atoms with Gasteiger partial charge in [0.25, 0.3) is 0 Å². The van der Waals surface area contributed by atoms with Gasteiger partial charge in [-0.1, -0.05) is 43.3 Å². The minimum Gasteiger partial charge on any atom is -0.497 e. The Balaban J connectivity index is 1.47. The molecule has 150 valence electrons. The van der Waals surface area contributed by atoms with Crippen LogP contribution >= 0.6 is 0 Å². The molecule has 2 unspecified atom stereocenters. The molecule has 28 heavy (non-hydrogen) atoms. The Hall–Kier alpha value is -2.53. The number of carbonyl (C=O) groups excluding carboxylic acids is 1. The van der Waals surface area contributed by atoms with Crippen LogP contribution in [0.1, 0.15) is 25.3 Å². The second-order valence-corrected chi connectivity index (χ2v) is 7.46. The minimum atomic E-state index is -0.115. The highest BCUT2D eigenvalue weighted by Crippen LogP contribution is 2.22. The summed E-state index contributed by atoms with van der Waals surface area (Å²) in [5, 5.41) is 3.13. The molecule has 1 N–H and O–H groups in total. The lowest BCUT2D eigenvalue weighted by Gasteiger charge is -2.38. The Morgan fingerprint density at radius 2 is 1.75 bits per heavy atom. The monoisotopic (exact) mass is 381 g/mol. The largest absolute Gasteiger partial charge is 0.497 e. The van der Waals surface area contributed by atoms with E-state index in [4.69, 9.17) is 4.74 Å². The molecule has 0 aliphatic carbocycles. The molecular weight excluding hydrogens is 350 g/mol. The van der Waals surface area contributed by atoms with Crippen molar-refractivity contribution in [2.24, 2.45) is 0 Å². The second kappa shape index (κ2) is 9.60. The summed E-state index contributed by atoms with van der Waals surface area (Å²) in [5.41, 5.74) is 2.43. The number of hydrogen-bond acceptors (Lipinski definition) is 4. The molecule has 0 aromatic heterocycles. The normalized spacial score (nSPS) is 17.0. The third-order valence-electron chi connectivity index (χ3n) is 5.61. The number of methoxy groups -OCH3 is 1. The van der Waals surface area contributed by atoms with E-state index in [1.165, 1.54) is 11.3 Å². The standard InChI is InChI=1S/C23H31N3O2/c1-18(20-8-5-4-6-9-20)17-24-23(27)19(2)25-12-14-26(15-13-25)21-10-7-11-22(16-21)28-3/h4-11,16,18-19H,12-15,17H2,1-3H3,(H,24,27). The van der Waals surface area contributed by atoms with Gasteiger partial charge in [0.15, 0.2) is 0 Å². The molecule has 2 aromatic carbocycles. The van der Waals surface area contributed by atoms with E-state index >= 15 is 0 Å². The van der Waals surface area contributed by atoms with Gasteiger partial charge in [0.2, 0.25) is 5.91 Å². The Bertz CT molecular complexity index is 757. The molecule has 5 nitrogen and oxygen atoms in total. The van der Waals surface area contributed by atoms with E-state index in [1.807, 2.05) is 37.3 Å². The number of rotatable bonds is 7. The number of hydrogen-bond donors (Lipinski definition) is 1. The number of benzene rings is 2. The number of piperazine rings is 1. The van der Waals surface area contributed by atoms with Gasteiger partial charge < -0.3 is 15.0 Å². The van der Waals surface area contributed by atoms with E-state index in [2.05, 4.69) is 46.3 Å². The summed E-state index contributed by atoms with van der Waals surface area (Å²) < 4.78 is 5.32. The molecular formula is C23H31N3O2. The van der Waals surface area contributed by atoms with Crippen molar-refractivity contribution in [3.63, 3.8) is 0 Å². The summed E-state index contributed by atoms with van der Waals surface area (Å²) in [6.45, 7) is 8.38. The Kier molecular flexibility index (Phi) is 6.93. The summed E-state index contributed by atoms with van der Waals surface area (Å²) >= 11 is 0. The van der Waals surface area contributed by atoms with Gasteiger partial charge in [0, 0.05) is 44.5 Å². The third kappa shape index (κ3) is 5.04. The van der Waals surface area contributed by atoms with Gasteiger partial charge in [-0.3, -0.25) is 9.69 Å². The fourth-order valence-electron chi connectivity index (χ4n) is 3.64. The molecule has 1 amide bonds. The quantitative estimate of drug-likeness (QED) is 0.800. The molecule has 5 heteroatoms. The van der Waals surface area contributed by atoms with E-state index in [0.29, 0.717) is 12.5 Å². The van der Waals surface area contributed by atoms with E-state index in [-0.39, 0.29) is 11.9 Å². The third-order valence-corrected chi connectivity index (χ3v) is 5.61.